The van der Waals surface area contributed by atoms with Crippen molar-refractivity contribution in [3.8, 4) is 11.5 Å². The molecule has 0 saturated heterocycles. The molecule has 0 aliphatic carbocycles. The van der Waals surface area contributed by atoms with Crippen molar-refractivity contribution in [3.63, 3.8) is 0 Å². The second kappa shape index (κ2) is 8.81. The van der Waals surface area contributed by atoms with E-state index in [4.69, 9.17) is 0 Å². The lowest BCUT2D eigenvalue weighted by molar-refractivity contribution is 0.0696. The van der Waals surface area contributed by atoms with E-state index in [1.807, 2.05) is 0 Å². The van der Waals surface area contributed by atoms with Gasteiger partial charge in [-0.05, 0) is 66.7 Å². The van der Waals surface area contributed by atoms with Gasteiger partial charge in [0.05, 0.1) is 15.4 Å². The van der Waals surface area contributed by atoms with Gasteiger partial charge in [-0.1, -0.05) is 12.1 Å². The lowest BCUT2D eigenvalue weighted by Crippen LogP contribution is -2.16. The zero-order valence-corrected chi connectivity index (χ0v) is 19.3. The van der Waals surface area contributed by atoms with Gasteiger partial charge in [-0.15, -0.1) is 0 Å². The van der Waals surface area contributed by atoms with Crippen molar-refractivity contribution in [1.29, 1.82) is 0 Å². The fraction of sp³-hybridized carbons (Fsp3) is 0. The summed E-state index contributed by atoms with van der Waals surface area (Å²) in [5.41, 5.74) is -0.193. The van der Waals surface area contributed by atoms with E-state index in [9.17, 15) is 36.9 Å². The molecule has 0 saturated carbocycles. The van der Waals surface area contributed by atoms with Crippen molar-refractivity contribution in [2.24, 2.45) is 0 Å². The van der Waals surface area contributed by atoms with Crippen molar-refractivity contribution >= 4 is 48.2 Å². The van der Waals surface area contributed by atoms with E-state index >= 15 is 0 Å². The second-order valence-corrected chi connectivity index (χ2v) is 10.7. The van der Waals surface area contributed by atoms with Crippen LogP contribution in [0.3, 0.4) is 0 Å². The summed E-state index contributed by atoms with van der Waals surface area (Å²) in [4.78, 5) is 11.0. The van der Waals surface area contributed by atoms with Gasteiger partial charge >= 0.3 is 5.97 Å². The largest absolute Gasteiger partial charge is 0.508 e. The number of carboxylic acid groups (broad SMARTS) is 1. The fourth-order valence-corrected chi connectivity index (χ4v) is 5.96. The van der Waals surface area contributed by atoms with E-state index in [0.717, 1.165) is 12.1 Å². The number of aromatic carboxylic acids is 1. The van der Waals surface area contributed by atoms with Gasteiger partial charge in [0.1, 0.15) is 11.5 Å². The lowest BCUT2D eigenvalue weighted by atomic mass is 10.1. The minimum absolute atomic E-state index is 0.0186. The summed E-state index contributed by atoms with van der Waals surface area (Å²) in [6, 6.07) is 16.3. The van der Waals surface area contributed by atoms with Crippen LogP contribution in [0, 0.1) is 0 Å². The van der Waals surface area contributed by atoms with Crippen molar-refractivity contribution in [3.05, 3.63) is 84.4 Å². The van der Waals surface area contributed by atoms with Gasteiger partial charge in [0.25, 0.3) is 20.0 Å². The number of fused-ring (bicyclic) bond motifs is 1. The van der Waals surface area contributed by atoms with Crippen LogP contribution in [0.1, 0.15) is 10.4 Å². The maximum atomic E-state index is 13.2. The number of hydrogen-bond acceptors (Lipinski definition) is 7. The Kier molecular flexibility index (Phi) is 6.01. The first-order valence-corrected chi connectivity index (χ1v) is 12.9. The molecule has 4 aromatic rings. The molecule has 0 heterocycles. The summed E-state index contributed by atoms with van der Waals surface area (Å²) in [5, 5.41) is 28.3. The minimum Gasteiger partial charge on any atom is -0.508 e. The van der Waals surface area contributed by atoms with Crippen LogP contribution in [-0.4, -0.2) is 38.1 Å². The smallest absolute Gasteiger partial charge is 0.335 e. The van der Waals surface area contributed by atoms with Crippen LogP contribution in [0.5, 0.6) is 11.5 Å². The standard InChI is InChI=1S/C23H18N2O8S2/c26-17-8-4-15(5-9-17)24-34(30,31)21-3-1-2-19-20(21)12-14(23(28)29)13-22(19)35(32,33)25-16-6-10-18(27)11-7-16/h1-13,24-27H,(H,28,29). The molecule has 0 spiro atoms. The number of nitrogens with one attached hydrogen (secondary N) is 2. The predicted octanol–water partition coefficient (Wildman–Crippen LogP) is 3.55. The summed E-state index contributed by atoms with van der Waals surface area (Å²) in [5.74, 6) is -1.60. The number of hydrogen-bond donors (Lipinski definition) is 5. The fourth-order valence-electron chi connectivity index (χ4n) is 3.38. The molecule has 0 fully saturated rings. The zero-order valence-electron chi connectivity index (χ0n) is 17.7. The third-order valence-corrected chi connectivity index (χ3v) is 7.84. The molecule has 180 valence electrons. The summed E-state index contributed by atoms with van der Waals surface area (Å²) in [7, 11) is -8.66. The Morgan fingerprint density at radius 1 is 0.629 bits per heavy atom. The number of phenolic OH excluding ortho intramolecular Hbond substituents is 2. The molecule has 0 aromatic heterocycles. The Morgan fingerprint density at radius 2 is 1.11 bits per heavy atom. The number of phenols is 2. The first kappa shape index (κ1) is 23.9. The quantitative estimate of drug-likeness (QED) is 0.233. The molecule has 5 N–H and O–H groups in total. The first-order valence-electron chi connectivity index (χ1n) is 9.90. The van der Waals surface area contributed by atoms with Crippen molar-refractivity contribution < 1.29 is 36.9 Å². The summed E-state index contributed by atoms with van der Waals surface area (Å²) >= 11 is 0. The molecule has 0 aliphatic heterocycles. The van der Waals surface area contributed by atoms with Crippen LogP contribution in [0.25, 0.3) is 10.8 Å². The van der Waals surface area contributed by atoms with Crippen LogP contribution in [0.2, 0.25) is 0 Å². The molecule has 0 amide bonds. The predicted molar refractivity (Wildman–Crippen MR) is 129 cm³/mol. The molecule has 0 bridgehead atoms. The van der Waals surface area contributed by atoms with Gasteiger partial charge in [-0.2, -0.15) is 0 Å². The lowest BCUT2D eigenvalue weighted by Gasteiger charge is -2.15. The molecule has 10 nitrogen and oxygen atoms in total. The molecular weight excluding hydrogens is 496 g/mol. The summed E-state index contributed by atoms with van der Waals surface area (Å²) in [6.45, 7) is 0. The number of carbonyl (C=O) groups is 1. The highest BCUT2D eigenvalue weighted by Crippen LogP contribution is 2.32. The number of aromatic hydroxyl groups is 2. The Morgan fingerprint density at radius 3 is 1.60 bits per heavy atom. The van der Waals surface area contributed by atoms with Gasteiger partial charge in [0.2, 0.25) is 0 Å². The highest BCUT2D eigenvalue weighted by molar-refractivity contribution is 7.93. The number of benzene rings is 4. The van der Waals surface area contributed by atoms with E-state index in [1.165, 1.54) is 66.7 Å². The molecule has 35 heavy (non-hydrogen) atoms. The highest BCUT2D eigenvalue weighted by atomic mass is 32.2. The average molecular weight is 515 g/mol. The SMILES string of the molecule is O=C(O)c1cc(S(=O)(=O)Nc2ccc(O)cc2)c2cccc(S(=O)(=O)Nc3ccc(O)cc3)c2c1. The average Bonchev–Trinajstić information content (AvgIpc) is 2.80. The van der Waals surface area contributed by atoms with E-state index in [0.29, 0.717) is 0 Å². The monoisotopic (exact) mass is 514 g/mol. The van der Waals surface area contributed by atoms with Gasteiger partial charge in [0, 0.05) is 22.1 Å². The molecule has 0 atom stereocenters. The van der Waals surface area contributed by atoms with Crippen LogP contribution in [-0.2, 0) is 20.0 Å². The molecule has 12 heteroatoms. The normalized spacial score (nSPS) is 11.8. The molecule has 4 aromatic carbocycles. The molecule has 0 radical (unpaired) electrons. The molecular formula is C23H18N2O8S2. The topological polar surface area (TPSA) is 170 Å². The maximum absolute atomic E-state index is 13.2. The van der Waals surface area contributed by atoms with E-state index in [-0.39, 0.29) is 38.5 Å². The Balaban J connectivity index is 1.88. The van der Waals surface area contributed by atoms with Crippen molar-refractivity contribution in [2.75, 3.05) is 9.44 Å². The summed E-state index contributed by atoms with van der Waals surface area (Å²) < 4.78 is 57.4. The molecule has 4 rings (SSSR count). The Hall–Kier alpha value is -4.29. The minimum atomic E-state index is -4.37. The van der Waals surface area contributed by atoms with Crippen LogP contribution in [0.15, 0.2) is 88.7 Å². The number of sulfonamides is 2. The number of rotatable bonds is 7. The van der Waals surface area contributed by atoms with Crippen LogP contribution >= 0.6 is 0 Å². The van der Waals surface area contributed by atoms with Crippen LogP contribution < -0.4 is 9.44 Å². The first-order chi connectivity index (χ1) is 16.5. The van der Waals surface area contributed by atoms with Crippen molar-refractivity contribution in [1.82, 2.24) is 0 Å². The van der Waals surface area contributed by atoms with E-state index < -0.39 is 36.5 Å². The number of carboxylic acids is 1. The summed E-state index contributed by atoms with van der Waals surface area (Å²) in [6.07, 6.45) is 0. The van der Waals surface area contributed by atoms with Gasteiger partial charge in [-0.3, -0.25) is 9.44 Å². The van der Waals surface area contributed by atoms with E-state index in [2.05, 4.69) is 9.44 Å². The Labute approximate surface area is 200 Å². The highest BCUT2D eigenvalue weighted by Gasteiger charge is 2.25. The third kappa shape index (κ3) is 4.98. The third-order valence-electron chi connectivity index (χ3n) is 4.98. The van der Waals surface area contributed by atoms with E-state index in [1.54, 1.807) is 0 Å². The molecule has 0 aliphatic rings. The number of anilines is 2. The Bertz CT molecular complexity index is 1650. The maximum Gasteiger partial charge on any atom is 0.335 e. The van der Waals surface area contributed by atoms with Crippen LogP contribution in [0.4, 0.5) is 11.4 Å². The van der Waals surface area contributed by atoms with Gasteiger partial charge in [-0.25, -0.2) is 21.6 Å². The molecule has 0 unspecified atom stereocenters. The second-order valence-electron chi connectivity index (χ2n) is 7.44. The zero-order chi connectivity index (χ0) is 25.4. The van der Waals surface area contributed by atoms with Gasteiger partial charge < -0.3 is 15.3 Å². The van der Waals surface area contributed by atoms with Gasteiger partial charge in [0.15, 0.2) is 0 Å². The van der Waals surface area contributed by atoms with Crippen molar-refractivity contribution in [2.45, 2.75) is 9.79 Å².